The number of rotatable bonds is 5. The van der Waals surface area contributed by atoms with Gasteiger partial charge in [0.15, 0.2) is 11.5 Å². The molecule has 24 heavy (non-hydrogen) atoms. The molecule has 7 nitrogen and oxygen atoms in total. The Morgan fingerprint density at radius 2 is 1.83 bits per heavy atom. The monoisotopic (exact) mass is 343 g/mol. The molecular formula is C16H13N3O4S. The summed E-state index contributed by atoms with van der Waals surface area (Å²) in [6.45, 7) is 0. The van der Waals surface area contributed by atoms with Crippen LogP contribution in [0.2, 0.25) is 0 Å². The van der Waals surface area contributed by atoms with Crippen LogP contribution in [0, 0.1) is 0 Å². The van der Waals surface area contributed by atoms with Crippen LogP contribution in [-0.4, -0.2) is 23.1 Å². The molecule has 0 saturated heterocycles. The number of oxazole rings is 1. The zero-order valence-electron chi connectivity index (χ0n) is 12.6. The van der Waals surface area contributed by atoms with E-state index in [9.17, 15) is 9.59 Å². The second-order valence-corrected chi connectivity index (χ2v) is 5.53. The Bertz CT molecular complexity index is 841. The van der Waals surface area contributed by atoms with Crippen molar-refractivity contribution in [1.29, 1.82) is 0 Å². The van der Waals surface area contributed by atoms with Gasteiger partial charge in [-0.1, -0.05) is 0 Å². The second kappa shape index (κ2) is 7.05. The third-order valence-electron chi connectivity index (χ3n) is 3.05. The number of benzene rings is 1. The van der Waals surface area contributed by atoms with Gasteiger partial charge in [-0.3, -0.25) is 14.9 Å². The fourth-order valence-electron chi connectivity index (χ4n) is 1.87. The number of nitrogens with zero attached hydrogens (tertiary/aromatic N) is 1. The fraction of sp³-hybridized carbons (Fsp3) is 0.0625. The molecule has 0 aliphatic carbocycles. The lowest BCUT2D eigenvalue weighted by molar-refractivity contribution is 0.0990. The molecule has 2 aromatic heterocycles. The highest BCUT2D eigenvalue weighted by atomic mass is 32.2. The minimum absolute atomic E-state index is 0.0543. The Morgan fingerprint density at radius 3 is 2.50 bits per heavy atom. The highest BCUT2D eigenvalue weighted by molar-refractivity contribution is 7.98. The van der Waals surface area contributed by atoms with E-state index in [0.717, 1.165) is 4.90 Å². The zero-order chi connectivity index (χ0) is 16.9. The van der Waals surface area contributed by atoms with Crippen LogP contribution >= 0.6 is 11.8 Å². The van der Waals surface area contributed by atoms with Gasteiger partial charge in [0.2, 0.25) is 0 Å². The molecule has 2 amide bonds. The van der Waals surface area contributed by atoms with E-state index >= 15 is 0 Å². The standard InChI is InChI=1S/C16H13N3O4S/c1-24-11-6-4-10(5-7-11)17-14(20)12-9-23-16(18-12)19-15(21)13-3-2-8-22-13/h2-9H,1H3,(H,17,20)(H,18,19,21). The Morgan fingerprint density at radius 1 is 1.04 bits per heavy atom. The first-order valence-electron chi connectivity index (χ1n) is 6.91. The molecule has 2 heterocycles. The van der Waals surface area contributed by atoms with E-state index in [0.29, 0.717) is 5.69 Å². The summed E-state index contributed by atoms with van der Waals surface area (Å²) < 4.78 is 10.0. The number of carbonyl (C=O) groups is 2. The minimum Gasteiger partial charge on any atom is -0.459 e. The van der Waals surface area contributed by atoms with Crippen LogP contribution in [-0.2, 0) is 0 Å². The molecule has 0 aliphatic rings. The average molecular weight is 343 g/mol. The summed E-state index contributed by atoms with van der Waals surface area (Å²) in [5.41, 5.74) is 0.695. The Labute approximate surface area is 141 Å². The van der Waals surface area contributed by atoms with E-state index in [1.807, 2.05) is 18.4 Å². The third-order valence-corrected chi connectivity index (χ3v) is 3.79. The number of hydrogen-bond acceptors (Lipinski definition) is 6. The Hall–Kier alpha value is -3.00. The molecule has 0 bridgehead atoms. The number of carbonyl (C=O) groups excluding carboxylic acids is 2. The molecule has 0 aliphatic heterocycles. The van der Waals surface area contributed by atoms with Gasteiger partial charge in [0.1, 0.15) is 6.26 Å². The molecule has 0 saturated carbocycles. The molecular weight excluding hydrogens is 330 g/mol. The van der Waals surface area contributed by atoms with Crippen molar-refractivity contribution in [3.63, 3.8) is 0 Å². The normalized spacial score (nSPS) is 10.4. The molecule has 122 valence electrons. The number of hydrogen-bond donors (Lipinski definition) is 2. The topological polar surface area (TPSA) is 97.4 Å². The summed E-state index contributed by atoms with van der Waals surface area (Å²) in [4.78, 5) is 29.0. The molecule has 3 aromatic rings. The summed E-state index contributed by atoms with van der Waals surface area (Å²) in [7, 11) is 0. The number of thioether (sulfide) groups is 1. The highest BCUT2D eigenvalue weighted by Gasteiger charge is 2.16. The van der Waals surface area contributed by atoms with Gasteiger partial charge in [-0.05, 0) is 42.7 Å². The van der Waals surface area contributed by atoms with Crippen LogP contribution in [0.15, 0.2) is 62.7 Å². The molecule has 8 heteroatoms. The minimum atomic E-state index is -0.513. The van der Waals surface area contributed by atoms with Crippen LogP contribution < -0.4 is 10.6 Å². The molecule has 1 aromatic carbocycles. The maximum atomic E-state index is 12.1. The number of aromatic nitrogens is 1. The number of amides is 2. The maximum Gasteiger partial charge on any atom is 0.302 e. The first kappa shape index (κ1) is 15.9. The van der Waals surface area contributed by atoms with Gasteiger partial charge < -0.3 is 14.2 Å². The fourth-order valence-corrected chi connectivity index (χ4v) is 2.28. The van der Waals surface area contributed by atoms with Crippen molar-refractivity contribution in [2.75, 3.05) is 16.9 Å². The van der Waals surface area contributed by atoms with E-state index < -0.39 is 11.8 Å². The summed E-state index contributed by atoms with van der Waals surface area (Å²) in [5, 5.41) is 5.11. The SMILES string of the molecule is CSc1ccc(NC(=O)c2coc(NC(=O)c3ccco3)n2)cc1. The van der Waals surface area contributed by atoms with E-state index in [1.165, 1.54) is 18.6 Å². The van der Waals surface area contributed by atoms with Crippen LogP contribution in [0.25, 0.3) is 0 Å². The molecule has 0 spiro atoms. The lowest BCUT2D eigenvalue weighted by Gasteiger charge is -2.03. The largest absolute Gasteiger partial charge is 0.459 e. The van der Waals surface area contributed by atoms with Gasteiger partial charge in [0.05, 0.1) is 6.26 Å². The number of furan rings is 1. The van der Waals surface area contributed by atoms with Gasteiger partial charge >= 0.3 is 6.01 Å². The van der Waals surface area contributed by atoms with Crippen molar-refractivity contribution in [3.05, 3.63) is 60.4 Å². The molecule has 0 atom stereocenters. The van der Waals surface area contributed by atoms with E-state index in [4.69, 9.17) is 8.83 Å². The van der Waals surface area contributed by atoms with Crippen molar-refractivity contribution >= 4 is 35.3 Å². The quantitative estimate of drug-likeness (QED) is 0.688. The van der Waals surface area contributed by atoms with Gasteiger partial charge in [-0.2, -0.15) is 4.98 Å². The first-order valence-corrected chi connectivity index (χ1v) is 8.14. The second-order valence-electron chi connectivity index (χ2n) is 4.65. The predicted octanol–water partition coefficient (Wildman–Crippen LogP) is 3.49. The van der Waals surface area contributed by atoms with Gasteiger partial charge in [-0.15, -0.1) is 11.8 Å². The third kappa shape index (κ3) is 3.66. The summed E-state index contributed by atoms with van der Waals surface area (Å²) in [5.74, 6) is -0.830. The van der Waals surface area contributed by atoms with Crippen LogP contribution in [0.1, 0.15) is 21.0 Å². The average Bonchev–Trinajstić information content (AvgIpc) is 3.27. The maximum absolute atomic E-state index is 12.1. The Kier molecular flexibility index (Phi) is 4.66. The van der Waals surface area contributed by atoms with Crippen LogP contribution in [0.5, 0.6) is 0 Å². The molecule has 3 rings (SSSR count). The van der Waals surface area contributed by atoms with Crippen molar-refractivity contribution < 1.29 is 18.4 Å². The van der Waals surface area contributed by atoms with E-state index in [2.05, 4.69) is 15.6 Å². The predicted molar refractivity (Wildman–Crippen MR) is 89.3 cm³/mol. The van der Waals surface area contributed by atoms with Crippen LogP contribution in [0.4, 0.5) is 11.7 Å². The molecule has 0 radical (unpaired) electrons. The van der Waals surface area contributed by atoms with Crippen molar-refractivity contribution in [2.24, 2.45) is 0 Å². The van der Waals surface area contributed by atoms with Crippen molar-refractivity contribution in [3.8, 4) is 0 Å². The van der Waals surface area contributed by atoms with Gasteiger partial charge in [0.25, 0.3) is 11.8 Å². The van der Waals surface area contributed by atoms with E-state index in [1.54, 1.807) is 30.0 Å². The van der Waals surface area contributed by atoms with Crippen molar-refractivity contribution in [1.82, 2.24) is 4.98 Å². The molecule has 0 fully saturated rings. The summed E-state index contributed by atoms with van der Waals surface area (Å²) in [6, 6.07) is 10.4. The van der Waals surface area contributed by atoms with E-state index in [-0.39, 0.29) is 17.5 Å². The first-order chi connectivity index (χ1) is 11.7. The summed E-state index contributed by atoms with van der Waals surface area (Å²) in [6.07, 6.45) is 4.52. The van der Waals surface area contributed by atoms with Crippen LogP contribution in [0.3, 0.4) is 0 Å². The molecule has 2 N–H and O–H groups in total. The van der Waals surface area contributed by atoms with Crippen molar-refractivity contribution in [2.45, 2.75) is 4.90 Å². The Balaban J connectivity index is 1.63. The van der Waals surface area contributed by atoms with Gasteiger partial charge in [-0.25, -0.2) is 0 Å². The van der Waals surface area contributed by atoms with Gasteiger partial charge in [0, 0.05) is 10.6 Å². The lowest BCUT2D eigenvalue weighted by Crippen LogP contribution is -2.14. The highest BCUT2D eigenvalue weighted by Crippen LogP contribution is 2.18. The summed E-state index contributed by atoms with van der Waals surface area (Å²) >= 11 is 1.61. The molecule has 0 unspecified atom stereocenters. The smallest absolute Gasteiger partial charge is 0.302 e. The number of nitrogens with one attached hydrogen (secondary N) is 2. The lowest BCUT2D eigenvalue weighted by atomic mass is 10.3. The number of anilines is 2. The zero-order valence-corrected chi connectivity index (χ0v) is 13.4.